The zero-order valence-electron chi connectivity index (χ0n) is 20.1. The molecule has 0 spiro atoms. The lowest BCUT2D eigenvalue weighted by atomic mass is 10.0. The van der Waals surface area contributed by atoms with Crippen LogP contribution >= 0.6 is 0 Å². The highest BCUT2D eigenvalue weighted by Crippen LogP contribution is 2.29. The summed E-state index contributed by atoms with van der Waals surface area (Å²) in [6, 6.07) is 11.5. The van der Waals surface area contributed by atoms with Crippen LogP contribution in [0.15, 0.2) is 36.4 Å². The predicted octanol–water partition coefficient (Wildman–Crippen LogP) is 6.66. The number of rotatable bonds is 16. The third kappa shape index (κ3) is 8.10. The van der Waals surface area contributed by atoms with Gasteiger partial charge in [0.1, 0.15) is 0 Å². The van der Waals surface area contributed by atoms with E-state index in [2.05, 4.69) is 12.1 Å². The molecule has 2 aromatic carbocycles. The van der Waals surface area contributed by atoms with Gasteiger partial charge < -0.3 is 18.9 Å². The standard InChI is InChI=1S/C27H38O5/c1-29-24-17-15-21(19-26(24)31-3)13-11-9-7-5-6-8-10-12-14-23(28)22-16-18-25(30-2)27(20-22)32-4/h15-20H,5-14H2,1-4H3. The number of benzene rings is 2. The van der Waals surface area contributed by atoms with Gasteiger partial charge in [-0.15, -0.1) is 0 Å². The number of ketones is 1. The normalized spacial score (nSPS) is 10.6. The fourth-order valence-electron chi connectivity index (χ4n) is 3.87. The van der Waals surface area contributed by atoms with Crippen LogP contribution in [0.25, 0.3) is 0 Å². The Balaban J connectivity index is 1.53. The van der Waals surface area contributed by atoms with Gasteiger partial charge in [0.2, 0.25) is 0 Å². The highest BCUT2D eigenvalue weighted by molar-refractivity contribution is 5.96. The van der Waals surface area contributed by atoms with E-state index in [9.17, 15) is 4.79 Å². The number of hydrogen-bond acceptors (Lipinski definition) is 5. The van der Waals surface area contributed by atoms with E-state index in [1.54, 1.807) is 40.6 Å². The van der Waals surface area contributed by atoms with Gasteiger partial charge >= 0.3 is 0 Å². The Morgan fingerprint density at radius 1 is 0.594 bits per heavy atom. The topological polar surface area (TPSA) is 54.0 Å². The van der Waals surface area contributed by atoms with E-state index in [4.69, 9.17) is 18.9 Å². The van der Waals surface area contributed by atoms with Crippen LogP contribution in [0.3, 0.4) is 0 Å². The lowest BCUT2D eigenvalue weighted by molar-refractivity contribution is 0.0978. The van der Waals surface area contributed by atoms with Gasteiger partial charge in [-0.2, -0.15) is 0 Å². The Morgan fingerprint density at radius 3 is 1.69 bits per heavy atom. The molecule has 0 N–H and O–H groups in total. The minimum Gasteiger partial charge on any atom is -0.493 e. The molecule has 0 amide bonds. The lowest BCUT2D eigenvalue weighted by Crippen LogP contribution is -2.00. The van der Waals surface area contributed by atoms with Gasteiger partial charge in [-0.1, -0.05) is 44.6 Å². The molecule has 0 saturated carbocycles. The summed E-state index contributed by atoms with van der Waals surface area (Å²) in [6.45, 7) is 0. The quantitative estimate of drug-likeness (QED) is 0.215. The molecule has 0 aromatic heterocycles. The number of methoxy groups -OCH3 is 4. The molecule has 0 radical (unpaired) electrons. The summed E-state index contributed by atoms with van der Waals surface area (Å²) >= 11 is 0. The van der Waals surface area contributed by atoms with Crippen molar-refractivity contribution in [1.29, 1.82) is 0 Å². The van der Waals surface area contributed by atoms with Crippen LogP contribution < -0.4 is 18.9 Å². The molecule has 0 unspecified atom stereocenters. The van der Waals surface area contributed by atoms with Crippen LogP contribution in [0, 0.1) is 0 Å². The summed E-state index contributed by atoms with van der Waals surface area (Å²) in [5.41, 5.74) is 1.99. The lowest BCUT2D eigenvalue weighted by Gasteiger charge is -2.09. The third-order valence-electron chi connectivity index (χ3n) is 5.77. The number of ether oxygens (including phenoxy) is 4. The van der Waals surface area contributed by atoms with Crippen molar-refractivity contribution in [1.82, 2.24) is 0 Å². The second-order valence-electron chi connectivity index (χ2n) is 8.01. The minimum absolute atomic E-state index is 0.168. The van der Waals surface area contributed by atoms with Crippen molar-refractivity contribution in [3.8, 4) is 23.0 Å². The average molecular weight is 443 g/mol. The highest BCUT2D eigenvalue weighted by atomic mass is 16.5. The molecule has 0 aliphatic heterocycles. The van der Waals surface area contributed by atoms with Crippen molar-refractivity contribution in [2.75, 3.05) is 28.4 Å². The zero-order chi connectivity index (χ0) is 23.2. The molecule has 0 atom stereocenters. The first kappa shape index (κ1) is 25.6. The Bertz CT molecular complexity index is 831. The number of hydrogen-bond donors (Lipinski definition) is 0. The largest absolute Gasteiger partial charge is 0.493 e. The molecule has 5 heteroatoms. The van der Waals surface area contributed by atoms with Crippen LogP contribution in [0.1, 0.15) is 73.7 Å². The van der Waals surface area contributed by atoms with Gasteiger partial charge in [0.25, 0.3) is 0 Å². The van der Waals surface area contributed by atoms with E-state index in [1.807, 2.05) is 12.1 Å². The number of unbranched alkanes of at least 4 members (excludes halogenated alkanes) is 7. The Morgan fingerprint density at radius 2 is 1.09 bits per heavy atom. The van der Waals surface area contributed by atoms with Crippen molar-refractivity contribution in [2.45, 2.75) is 64.2 Å². The van der Waals surface area contributed by atoms with Gasteiger partial charge in [0.05, 0.1) is 28.4 Å². The Labute approximate surface area is 193 Å². The van der Waals surface area contributed by atoms with Gasteiger partial charge in [-0.25, -0.2) is 0 Å². The molecule has 2 aromatic rings. The summed E-state index contributed by atoms with van der Waals surface area (Å²) in [5.74, 6) is 3.00. The molecule has 176 valence electrons. The SMILES string of the molecule is COc1ccc(CCCCCCCCCCC(=O)c2ccc(OC)c(OC)c2)cc1OC. The minimum atomic E-state index is 0.168. The summed E-state index contributed by atoms with van der Waals surface area (Å²) < 4.78 is 21.2. The molecular formula is C27H38O5. The van der Waals surface area contributed by atoms with Gasteiger partial charge in [0.15, 0.2) is 28.8 Å². The van der Waals surface area contributed by atoms with Crippen LogP contribution in [-0.4, -0.2) is 34.2 Å². The maximum Gasteiger partial charge on any atom is 0.163 e. The summed E-state index contributed by atoms with van der Waals surface area (Å²) in [4.78, 5) is 12.4. The first-order valence-electron chi connectivity index (χ1n) is 11.6. The molecular weight excluding hydrogens is 404 g/mol. The molecule has 0 heterocycles. The van der Waals surface area contributed by atoms with E-state index in [0.717, 1.165) is 30.8 Å². The second-order valence-corrected chi connectivity index (χ2v) is 8.01. The van der Waals surface area contributed by atoms with E-state index in [-0.39, 0.29) is 5.78 Å². The van der Waals surface area contributed by atoms with Gasteiger partial charge in [-0.3, -0.25) is 4.79 Å². The van der Waals surface area contributed by atoms with Gasteiger partial charge in [0, 0.05) is 12.0 Å². The highest BCUT2D eigenvalue weighted by Gasteiger charge is 2.10. The van der Waals surface area contributed by atoms with Crippen molar-refractivity contribution in [3.63, 3.8) is 0 Å². The molecule has 0 bridgehead atoms. The van der Waals surface area contributed by atoms with Crippen molar-refractivity contribution >= 4 is 5.78 Å². The van der Waals surface area contributed by atoms with Crippen LogP contribution in [-0.2, 0) is 6.42 Å². The van der Waals surface area contributed by atoms with E-state index in [1.165, 1.54) is 44.1 Å². The first-order valence-corrected chi connectivity index (χ1v) is 11.6. The molecule has 5 nitrogen and oxygen atoms in total. The molecule has 0 fully saturated rings. The first-order chi connectivity index (χ1) is 15.6. The summed E-state index contributed by atoms with van der Waals surface area (Å²) in [7, 11) is 6.52. The smallest absolute Gasteiger partial charge is 0.163 e. The van der Waals surface area contributed by atoms with Crippen LogP contribution in [0.5, 0.6) is 23.0 Å². The van der Waals surface area contributed by atoms with Crippen molar-refractivity contribution in [2.24, 2.45) is 0 Å². The maximum atomic E-state index is 12.4. The number of carbonyl (C=O) groups is 1. The van der Waals surface area contributed by atoms with Gasteiger partial charge in [-0.05, 0) is 55.2 Å². The molecule has 0 saturated heterocycles. The van der Waals surface area contributed by atoms with E-state index >= 15 is 0 Å². The predicted molar refractivity (Wildman–Crippen MR) is 129 cm³/mol. The number of Topliss-reactive ketones (excluding diaryl/α,β-unsaturated/α-hetero) is 1. The monoisotopic (exact) mass is 442 g/mol. The van der Waals surface area contributed by atoms with Crippen molar-refractivity contribution < 1.29 is 23.7 Å². The Hall–Kier alpha value is -2.69. The van der Waals surface area contributed by atoms with Crippen LogP contribution in [0.2, 0.25) is 0 Å². The molecule has 2 rings (SSSR count). The van der Waals surface area contributed by atoms with E-state index in [0.29, 0.717) is 23.5 Å². The summed E-state index contributed by atoms with van der Waals surface area (Å²) in [6.07, 6.45) is 11.1. The molecule has 32 heavy (non-hydrogen) atoms. The third-order valence-corrected chi connectivity index (χ3v) is 5.77. The fraction of sp³-hybridized carbons (Fsp3) is 0.519. The number of carbonyl (C=O) groups excluding carboxylic acids is 1. The van der Waals surface area contributed by atoms with Crippen molar-refractivity contribution in [3.05, 3.63) is 47.5 Å². The van der Waals surface area contributed by atoms with E-state index < -0.39 is 0 Å². The zero-order valence-corrected chi connectivity index (χ0v) is 20.1. The maximum absolute atomic E-state index is 12.4. The average Bonchev–Trinajstić information content (AvgIpc) is 2.84. The molecule has 0 aliphatic rings. The number of aryl methyl sites for hydroxylation is 1. The second kappa shape index (κ2) is 14.4. The summed E-state index contributed by atoms with van der Waals surface area (Å²) in [5, 5.41) is 0. The van der Waals surface area contributed by atoms with Crippen LogP contribution in [0.4, 0.5) is 0 Å². The fourth-order valence-corrected chi connectivity index (χ4v) is 3.87. The molecule has 0 aliphatic carbocycles. The Kier molecular flexibility index (Phi) is 11.5.